The van der Waals surface area contributed by atoms with Gasteiger partial charge in [-0.1, -0.05) is 33.6 Å². The Labute approximate surface area is 112 Å². The number of alkyl halides is 3. The second kappa shape index (κ2) is 8.40. The quantitative estimate of drug-likeness (QED) is 0.549. The zero-order valence-corrected chi connectivity index (χ0v) is 11.8. The Bertz CT molecular complexity index is 267. The van der Waals surface area contributed by atoms with Crippen molar-refractivity contribution in [2.75, 3.05) is 6.61 Å². The Hall–Kier alpha value is -0.780. The van der Waals surface area contributed by atoms with Crippen LogP contribution in [-0.4, -0.2) is 24.8 Å². The van der Waals surface area contributed by atoms with Gasteiger partial charge in [-0.05, 0) is 18.8 Å². The lowest BCUT2D eigenvalue weighted by Gasteiger charge is -2.25. The number of halogens is 3. The molecule has 114 valence electrons. The Morgan fingerprint density at radius 2 is 1.84 bits per heavy atom. The van der Waals surface area contributed by atoms with E-state index < -0.39 is 24.1 Å². The highest BCUT2D eigenvalue weighted by atomic mass is 19.4. The lowest BCUT2D eigenvalue weighted by molar-refractivity contribution is -0.177. The van der Waals surface area contributed by atoms with E-state index in [1.165, 1.54) is 0 Å². The van der Waals surface area contributed by atoms with E-state index in [4.69, 9.17) is 10.5 Å². The fraction of sp³-hybridized carbons (Fsp3) is 0.923. The molecule has 0 fully saturated rings. The van der Waals surface area contributed by atoms with Crippen LogP contribution in [0.2, 0.25) is 0 Å². The highest BCUT2D eigenvalue weighted by Gasteiger charge is 2.45. The molecule has 0 aliphatic heterocycles. The first-order valence-corrected chi connectivity index (χ1v) is 6.69. The molecule has 0 heterocycles. The summed E-state index contributed by atoms with van der Waals surface area (Å²) < 4.78 is 42.8. The van der Waals surface area contributed by atoms with Crippen molar-refractivity contribution in [2.45, 2.75) is 58.7 Å². The summed E-state index contributed by atoms with van der Waals surface area (Å²) in [5.74, 6) is -1.93. The van der Waals surface area contributed by atoms with Gasteiger partial charge >= 0.3 is 12.1 Å². The third-order valence-electron chi connectivity index (χ3n) is 2.91. The molecule has 0 aromatic carbocycles. The lowest BCUT2D eigenvalue weighted by Crippen LogP contribution is -2.47. The minimum Gasteiger partial charge on any atom is -0.465 e. The van der Waals surface area contributed by atoms with E-state index in [1.807, 2.05) is 20.8 Å². The minimum atomic E-state index is -4.58. The summed E-state index contributed by atoms with van der Waals surface area (Å²) in [6, 6.07) is -2.15. The maximum absolute atomic E-state index is 12.6. The average molecular weight is 283 g/mol. The Kier molecular flexibility index (Phi) is 8.06. The molecule has 0 amide bonds. The molecule has 0 saturated carbocycles. The second-order valence-electron chi connectivity index (χ2n) is 5.17. The normalized spacial score (nSPS) is 15.4. The van der Waals surface area contributed by atoms with Crippen LogP contribution in [0.5, 0.6) is 0 Å². The van der Waals surface area contributed by atoms with Crippen LogP contribution in [0.3, 0.4) is 0 Å². The van der Waals surface area contributed by atoms with E-state index in [0.717, 1.165) is 6.42 Å². The molecule has 0 rings (SSSR count). The first-order chi connectivity index (χ1) is 8.70. The summed E-state index contributed by atoms with van der Waals surface area (Å²) >= 11 is 0. The van der Waals surface area contributed by atoms with Crippen LogP contribution in [0.1, 0.15) is 46.5 Å². The first kappa shape index (κ1) is 18.2. The lowest BCUT2D eigenvalue weighted by atomic mass is 9.91. The Morgan fingerprint density at radius 3 is 2.26 bits per heavy atom. The van der Waals surface area contributed by atoms with Crippen molar-refractivity contribution in [1.82, 2.24) is 0 Å². The van der Waals surface area contributed by atoms with E-state index in [2.05, 4.69) is 0 Å². The van der Waals surface area contributed by atoms with Gasteiger partial charge in [-0.25, -0.2) is 0 Å². The second-order valence-corrected chi connectivity index (χ2v) is 5.17. The van der Waals surface area contributed by atoms with Crippen molar-refractivity contribution in [1.29, 1.82) is 0 Å². The van der Waals surface area contributed by atoms with E-state index in [0.29, 0.717) is 12.8 Å². The number of ether oxygens (including phenoxy) is 1. The highest BCUT2D eigenvalue weighted by Crippen LogP contribution is 2.28. The van der Waals surface area contributed by atoms with Crippen molar-refractivity contribution in [3.63, 3.8) is 0 Å². The predicted octanol–water partition coefficient (Wildman–Crippen LogP) is 3.27. The molecule has 19 heavy (non-hydrogen) atoms. The van der Waals surface area contributed by atoms with Gasteiger partial charge < -0.3 is 10.5 Å². The van der Waals surface area contributed by atoms with Gasteiger partial charge in [0, 0.05) is 0 Å². The van der Waals surface area contributed by atoms with Gasteiger partial charge in [0.25, 0.3) is 0 Å². The zero-order chi connectivity index (χ0) is 15.1. The molecule has 0 aliphatic rings. The molecule has 3 nitrogen and oxygen atoms in total. The minimum absolute atomic E-state index is 0.100. The van der Waals surface area contributed by atoms with Crippen LogP contribution in [0.15, 0.2) is 0 Å². The highest BCUT2D eigenvalue weighted by molar-refractivity contribution is 5.73. The van der Waals surface area contributed by atoms with Crippen LogP contribution < -0.4 is 5.73 Å². The zero-order valence-electron chi connectivity index (χ0n) is 11.8. The summed E-state index contributed by atoms with van der Waals surface area (Å²) in [4.78, 5) is 11.7. The summed E-state index contributed by atoms with van der Waals surface area (Å²) in [7, 11) is 0. The van der Waals surface area contributed by atoms with Crippen molar-refractivity contribution < 1.29 is 22.7 Å². The molecule has 0 spiro atoms. The third-order valence-corrected chi connectivity index (χ3v) is 2.91. The standard InChI is InChI=1S/C13H24F3NO2/c1-4-5-8-19-12(18)10(7-6-9(2)3)11(17)13(14,15)16/h9-11H,4-8,17H2,1-3H3/t10-,11-/m1/s1. The van der Waals surface area contributed by atoms with Gasteiger partial charge in [0.1, 0.15) is 6.04 Å². The predicted molar refractivity (Wildman–Crippen MR) is 67.5 cm³/mol. The van der Waals surface area contributed by atoms with Gasteiger partial charge in [-0.15, -0.1) is 0 Å². The molecule has 6 heteroatoms. The van der Waals surface area contributed by atoms with Crippen molar-refractivity contribution >= 4 is 5.97 Å². The molecule has 0 aliphatic carbocycles. The number of nitrogens with two attached hydrogens (primary N) is 1. The number of rotatable bonds is 8. The average Bonchev–Trinajstić information content (AvgIpc) is 2.27. The van der Waals surface area contributed by atoms with Crippen LogP contribution in [0.4, 0.5) is 13.2 Å². The monoisotopic (exact) mass is 283 g/mol. The number of hydrogen-bond donors (Lipinski definition) is 1. The molecule has 2 atom stereocenters. The SMILES string of the molecule is CCCCOC(=O)[C@H](CCC(C)C)[C@@H](N)C(F)(F)F. The number of unbranched alkanes of at least 4 members (excludes halogenated alkanes) is 1. The van der Waals surface area contributed by atoms with Gasteiger partial charge in [-0.2, -0.15) is 13.2 Å². The Morgan fingerprint density at radius 1 is 1.26 bits per heavy atom. The molecular weight excluding hydrogens is 259 g/mol. The number of carbonyl (C=O) groups excluding carboxylic acids is 1. The molecule has 0 radical (unpaired) electrons. The van der Waals surface area contributed by atoms with E-state index >= 15 is 0 Å². The first-order valence-electron chi connectivity index (χ1n) is 6.69. The van der Waals surface area contributed by atoms with Crippen LogP contribution in [-0.2, 0) is 9.53 Å². The third kappa shape index (κ3) is 7.40. The van der Waals surface area contributed by atoms with Gasteiger partial charge in [0.05, 0.1) is 12.5 Å². The molecular formula is C13H24F3NO2. The van der Waals surface area contributed by atoms with Crippen LogP contribution in [0.25, 0.3) is 0 Å². The fourth-order valence-corrected chi connectivity index (χ4v) is 1.61. The van der Waals surface area contributed by atoms with Crippen molar-refractivity contribution in [2.24, 2.45) is 17.6 Å². The van der Waals surface area contributed by atoms with Gasteiger partial charge in [0.15, 0.2) is 0 Å². The van der Waals surface area contributed by atoms with E-state index in [1.54, 1.807) is 0 Å². The molecule has 0 unspecified atom stereocenters. The number of esters is 1. The maximum Gasteiger partial charge on any atom is 0.404 e. The molecule has 2 N–H and O–H groups in total. The summed E-state index contributed by atoms with van der Waals surface area (Å²) in [5.41, 5.74) is 5.16. The van der Waals surface area contributed by atoms with Crippen LogP contribution >= 0.6 is 0 Å². The molecule has 0 saturated heterocycles. The van der Waals surface area contributed by atoms with Crippen molar-refractivity contribution in [3.8, 4) is 0 Å². The molecule has 0 bridgehead atoms. The smallest absolute Gasteiger partial charge is 0.404 e. The van der Waals surface area contributed by atoms with E-state index in [9.17, 15) is 18.0 Å². The maximum atomic E-state index is 12.6. The number of hydrogen-bond acceptors (Lipinski definition) is 3. The topological polar surface area (TPSA) is 52.3 Å². The van der Waals surface area contributed by atoms with Crippen molar-refractivity contribution in [3.05, 3.63) is 0 Å². The Balaban J connectivity index is 4.61. The summed E-state index contributed by atoms with van der Waals surface area (Å²) in [5, 5.41) is 0. The van der Waals surface area contributed by atoms with E-state index in [-0.39, 0.29) is 18.9 Å². The van der Waals surface area contributed by atoms with Gasteiger partial charge in [-0.3, -0.25) is 4.79 Å². The summed E-state index contributed by atoms with van der Waals surface area (Å²) in [6.45, 7) is 5.83. The fourth-order valence-electron chi connectivity index (χ4n) is 1.61. The summed E-state index contributed by atoms with van der Waals surface area (Å²) in [6.07, 6.45) is -2.51. The molecule has 0 aromatic rings. The number of carbonyl (C=O) groups is 1. The largest absolute Gasteiger partial charge is 0.465 e. The van der Waals surface area contributed by atoms with Gasteiger partial charge in [0.2, 0.25) is 0 Å². The van der Waals surface area contributed by atoms with Crippen LogP contribution in [0, 0.1) is 11.8 Å². The molecule has 0 aromatic heterocycles.